The van der Waals surface area contributed by atoms with E-state index in [9.17, 15) is 0 Å². The molecule has 0 spiro atoms. The second kappa shape index (κ2) is 4.08. The molecule has 1 aromatic heterocycles. The van der Waals surface area contributed by atoms with Crippen LogP contribution < -0.4 is 0 Å². The third-order valence-corrected chi connectivity index (χ3v) is 3.56. The predicted octanol–water partition coefficient (Wildman–Crippen LogP) is 3.56. The molecule has 6 heteroatoms. The van der Waals surface area contributed by atoms with Gasteiger partial charge in [0.1, 0.15) is 0 Å². The average molecular weight is 305 g/mol. The highest BCUT2D eigenvalue weighted by Gasteiger charge is 2.05. The Morgan fingerprint density at radius 1 is 1.53 bits per heavy atom. The number of benzene rings is 1. The zero-order valence-corrected chi connectivity index (χ0v) is 10.9. The summed E-state index contributed by atoms with van der Waals surface area (Å²) in [4.78, 5) is 4.20. The third-order valence-electron chi connectivity index (χ3n) is 1.96. The summed E-state index contributed by atoms with van der Waals surface area (Å²) < 4.78 is 3.06. The predicted molar refractivity (Wildman–Crippen MR) is 66.5 cm³/mol. The number of rotatable bonds is 1. The van der Waals surface area contributed by atoms with E-state index in [1.54, 1.807) is 4.68 Å². The minimum absolute atomic E-state index is 0.518. The van der Waals surface area contributed by atoms with Crippen LogP contribution in [0.1, 0.15) is 0 Å². The molecule has 2 rings (SSSR count). The van der Waals surface area contributed by atoms with Gasteiger partial charge in [0.2, 0.25) is 4.77 Å². The van der Waals surface area contributed by atoms with Crippen LogP contribution in [-0.2, 0) is 7.05 Å². The molecular formula is C9H7BrClN3S. The van der Waals surface area contributed by atoms with Gasteiger partial charge in [0, 0.05) is 17.1 Å². The van der Waals surface area contributed by atoms with Crippen molar-refractivity contribution in [3.05, 3.63) is 32.5 Å². The van der Waals surface area contributed by atoms with Crippen molar-refractivity contribution in [1.82, 2.24) is 14.8 Å². The van der Waals surface area contributed by atoms with E-state index in [0.717, 1.165) is 15.9 Å². The van der Waals surface area contributed by atoms with Gasteiger partial charge in [-0.25, -0.2) is 0 Å². The maximum absolute atomic E-state index is 5.99. The van der Waals surface area contributed by atoms with Crippen molar-refractivity contribution < 1.29 is 0 Å². The van der Waals surface area contributed by atoms with E-state index in [-0.39, 0.29) is 0 Å². The van der Waals surface area contributed by atoms with Gasteiger partial charge in [-0.3, -0.25) is 9.78 Å². The van der Waals surface area contributed by atoms with Gasteiger partial charge in [-0.1, -0.05) is 11.6 Å². The van der Waals surface area contributed by atoms with Gasteiger partial charge in [0.25, 0.3) is 0 Å². The first-order chi connectivity index (χ1) is 7.08. The molecule has 0 bridgehead atoms. The highest BCUT2D eigenvalue weighted by atomic mass is 79.9. The molecule has 78 valence electrons. The standard InChI is InChI=1S/C9H7BrClN3S/c1-14-9(15)12-8(13-14)5-2-3-6(10)7(11)4-5/h2-4H,1H3,(H,12,13,15). The number of hydrogen-bond donors (Lipinski definition) is 1. The molecule has 0 saturated carbocycles. The Kier molecular flexibility index (Phi) is 2.95. The number of hydrogen-bond acceptors (Lipinski definition) is 2. The molecule has 0 aliphatic rings. The average Bonchev–Trinajstić information content (AvgIpc) is 2.52. The molecule has 0 fully saturated rings. The van der Waals surface area contributed by atoms with Crippen LogP contribution in [0, 0.1) is 4.77 Å². The second-order valence-corrected chi connectivity index (χ2v) is 4.67. The molecule has 0 unspecified atom stereocenters. The molecule has 15 heavy (non-hydrogen) atoms. The number of aromatic nitrogens is 3. The second-order valence-electron chi connectivity index (χ2n) is 3.04. The Bertz CT molecular complexity index is 561. The lowest BCUT2D eigenvalue weighted by Crippen LogP contribution is -1.89. The summed E-state index contributed by atoms with van der Waals surface area (Å²) in [6.07, 6.45) is 0. The van der Waals surface area contributed by atoms with Gasteiger partial charge in [0.05, 0.1) is 5.02 Å². The molecule has 0 saturated heterocycles. The minimum Gasteiger partial charge on any atom is -0.279 e. The van der Waals surface area contributed by atoms with Crippen LogP contribution in [0.3, 0.4) is 0 Å². The van der Waals surface area contributed by atoms with Crippen molar-refractivity contribution in [3.63, 3.8) is 0 Å². The fourth-order valence-electron chi connectivity index (χ4n) is 1.17. The van der Waals surface area contributed by atoms with Crippen molar-refractivity contribution in [1.29, 1.82) is 0 Å². The Morgan fingerprint density at radius 2 is 2.27 bits per heavy atom. The van der Waals surface area contributed by atoms with Crippen LogP contribution in [-0.4, -0.2) is 14.8 Å². The Labute approximate surface area is 105 Å². The molecule has 0 aliphatic heterocycles. The first kappa shape index (κ1) is 10.9. The van der Waals surface area contributed by atoms with Crippen LogP contribution in [0.4, 0.5) is 0 Å². The van der Waals surface area contributed by atoms with Gasteiger partial charge in [-0.15, -0.1) is 0 Å². The fourth-order valence-corrected chi connectivity index (χ4v) is 1.74. The highest BCUT2D eigenvalue weighted by Crippen LogP contribution is 2.26. The normalized spacial score (nSPS) is 10.6. The third kappa shape index (κ3) is 2.14. The Hall–Kier alpha value is -0.650. The molecular weight excluding hydrogens is 298 g/mol. The van der Waals surface area contributed by atoms with Crippen molar-refractivity contribution in [3.8, 4) is 11.4 Å². The molecule has 2 aromatic rings. The van der Waals surface area contributed by atoms with Gasteiger partial charge < -0.3 is 0 Å². The summed E-state index contributed by atoms with van der Waals surface area (Å²) in [7, 11) is 1.82. The molecule has 3 nitrogen and oxygen atoms in total. The largest absolute Gasteiger partial charge is 0.279 e. The van der Waals surface area contributed by atoms with Crippen molar-refractivity contribution >= 4 is 39.7 Å². The van der Waals surface area contributed by atoms with Crippen LogP contribution >= 0.6 is 39.7 Å². The molecule has 0 atom stereocenters. The van der Waals surface area contributed by atoms with Crippen LogP contribution in [0.5, 0.6) is 0 Å². The number of aryl methyl sites for hydroxylation is 1. The van der Waals surface area contributed by atoms with Crippen molar-refractivity contribution in [2.24, 2.45) is 7.05 Å². The number of aromatic amines is 1. The SMILES string of the molecule is Cn1[nH]c(-c2ccc(Br)c(Cl)c2)nc1=S. The summed E-state index contributed by atoms with van der Waals surface area (Å²) in [6, 6.07) is 5.63. The first-order valence-corrected chi connectivity index (χ1v) is 5.74. The zero-order valence-electron chi connectivity index (χ0n) is 7.79. The summed E-state index contributed by atoms with van der Waals surface area (Å²) in [5, 5.41) is 3.69. The van der Waals surface area contributed by atoms with Crippen LogP contribution in [0.2, 0.25) is 5.02 Å². The van der Waals surface area contributed by atoms with Gasteiger partial charge >= 0.3 is 0 Å². The Balaban J connectivity index is 2.54. The van der Waals surface area contributed by atoms with E-state index in [4.69, 9.17) is 23.8 Å². The lowest BCUT2D eigenvalue weighted by Gasteiger charge is -1.99. The van der Waals surface area contributed by atoms with Crippen molar-refractivity contribution in [2.75, 3.05) is 0 Å². The molecule has 0 amide bonds. The summed E-state index contributed by atoms with van der Waals surface area (Å²) in [5.41, 5.74) is 0.912. The van der Waals surface area contributed by atoms with Gasteiger partial charge in [-0.2, -0.15) is 4.98 Å². The van der Waals surface area contributed by atoms with E-state index in [1.165, 1.54) is 0 Å². The maximum atomic E-state index is 5.99. The van der Waals surface area contributed by atoms with E-state index in [2.05, 4.69) is 26.0 Å². The number of halogens is 2. The maximum Gasteiger partial charge on any atom is 0.216 e. The highest BCUT2D eigenvalue weighted by molar-refractivity contribution is 9.10. The van der Waals surface area contributed by atoms with E-state index < -0.39 is 0 Å². The summed E-state index contributed by atoms with van der Waals surface area (Å²) in [6.45, 7) is 0. The fraction of sp³-hybridized carbons (Fsp3) is 0.111. The number of nitrogens with zero attached hydrogens (tertiary/aromatic N) is 2. The molecule has 1 N–H and O–H groups in total. The van der Waals surface area contributed by atoms with Crippen LogP contribution in [0.15, 0.2) is 22.7 Å². The summed E-state index contributed by atoms with van der Waals surface area (Å²) >= 11 is 14.3. The van der Waals surface area contributed by atoms with E-state index >= 15 is 0 Å². The molecule has 1 aromatic carbocycles. The topological polar surface area (TPSA) is 33.6 Å². The smallest absolute Gasteiger partial charge is 0.216 e. The van der Waals surface area contributed by atoms with E-state index in [0.29, 0.717) is 9.79 Å². The lowest BCUT2D eigenvalue weighted by atomic mass is 10.2. The summed E-state index contributed by atoms with van der Waals surface area (Å²) in [5.74, 6) is 0.719. The molecule has 0 aliphatic carbocycles. The number of nitrogens with one attached hydrogen (secondary N) is 1. The van der Waals surface area contributed by atoms with Crippen LogP contribution in [0.25, 0.3) is 11.4 Å². The zero-order chi connectivity index (χ0) is 11.0. The lowest BCUT2D eigenvalue weighted by molar-refractivity contribution is 0.756. The van der Waals surface area contributed by atoms with Gasteiger partial charge in [-0.05, 0) is 46.3 Å². The van der Waals surface area contributed by atoms with Crippen molar-refractivity contribution in [2.45, 2.75) is 0 Å². The number of H-pyrrole nitrogens is 1. The quantitative estimate of drug-likeness (QED) is 0.817. The molecule has 0 radical (unpaired) electrons. The Morgan fingerprint density at radius 3 is 2.80 bits per heavy atom. The monoisotopic (exact) mass is 303 g/mol. The van der Waals surface area contributed by atoms with E-state index in [1.807, 2.05) is 25.2 Å². The van der Waals surface area contributed by atoms with Gasteiger partial charge in [0.15, 0.2) is 5.82 Å². The first-order valence-electron chi connectivity index (χ1n) is 4.16. The minimum atomic E-state index is 0.518. The molecule has 1 heterocycles.